The average molecular weight is 304 g/mol. The smallest absolute Gasteiger partial charge is 0.159 e. The van der Waals surface area contributed by atoms with Crippen molar-refractivity contribution in [3.05, 3.63) is 41.1 Å². The molecule has 110 valence electrons. The Morgan fingerprint density at radius 1 is 1.33 bits per heavy atom. The second-order valence-corrected chi connectivity index (χ2v) is 5.41. The van der Waals surface area contributed by atoms with E-state index in [1.807, 2.05) is 30.2 Å². The first kappa shape index (κ1) is 14.1. The van der Waals surface area contributed by atoms with Crippen LogP contribution in [0.1, 0.15) is 29.6 Å². The number of hydrogen-bond donors (Lipinski definition) is 0. The van der Waals surface area contributed by atoms with E-state index in [2.05, 4.69) is 33.5 Å². The van der Waals surface area contributed by atoms with Gasteiger partial charge in [0.2, 0.25) is 0 Å². The molecule has 21 heavy (non-hydrogen) atoms. The molecule has 3 aromatic rings. The Morgan fingerprint density at radius 3 is 2.81 bits per heavy atom. The number of rotatable bonds is 4. The zero-order valence-corrected chi connectivity index (χ0v) is 13.2. The summed E-state index contributed by atoms with van der Waals surface area (Å²) in [5.41, 5.74) is 5.37. The first-order valence-electron chi connectivity index (χ1n) is 7.02. The van der Waals surface area contributed by atoms with Gasteiger partial charge in [-0.15, -0.1) is 11.6 Å². The lowest BCUT2D eigenvalue weighted by Gasteiger charge is -2.10. The van der Waals surface area contributed by atoms with Crippen molar-refractivity contribution in [1.82, 2.24) is 24.3 Å². The maximum Gasteiger partial charge on any atom is 0.159 e. The molecule has 0 saturated carbocycles. The van der Waals surface area contributed by atoms with Gasteiger partial charge in [-0.3, -0.25) is 9.67 Å². The number of alkyl halides is 1. The first-order valence-corrected chi connectivity index (χ1v) is 7.55. The molecule has 0 unspecified atom stereocenters. The van der Waals surface area contributed by atoms with Gasteiger partial charge in [-0.05, 0) is 30.5 Å². The number of pyridine rings is 1. The third-order valence-electron chi connectivity index (χ3n) is 3.80. The van der Waals surface area contributed by atoms with Crippen LogP contribution in [-0.2, 0) is 25.9 Å². The predicted molar refractivity (Wildman–Crippen MR) is 83.5 cm³/mol. The van der Waals surface area contributed by atoms with Gasteiger partial charge in [-0.25, -0.2) is 4.98 Å². The van der Waals surface area contributed by atoms with Gasteiger partial charge >= 0.3 is 0 Å². The Morgan fingerprint density at radius 2 is 2.14 bits per heavy atom. The number of imidazole rings is 1. The minimum atomic E-state index is 0.386. The molecule has 3 aromatic heterocycles. The summed E-state index contributed by atoms with van der Waals surface area (Å²) in [6.07, 6.45) is 4.57. The lowest BCUT2D eigenvalue weighted by atomic mass is 10.1. The summed E-state index contributed by atoms with van der Waals surface area (Å²) in [4.78, 5) is 8.89. The molecule has 3 heterocycles. The van der Waals surface area contributed by atoms with Crippen molar-refractivity contribution in [3.8, 4) is 0 Å². The van der Waals surface area contributed by atoms with E-state index in [4.69, 9.17) is 11.6 Å². The van der Waals surface area contributed by atoms with Crippen molar-refractivity contribution in [1.29, 1.82) is 0 Å². The van der Waals surface area contributed by atoms with E-state index in [0.29, 0.717) is 12.4 Å². The minimum Gasteiger partial charge on any atom is -0.307 e. The molecular formula is C15H18ClN5. The van der Waals surface area contributed by atoms with Crippen LogP contribution in [0, 0.1) is 6.92 Å². The quantitative estimate of drug-likeness (QED) is 0.696. The highest BCUT2D eigenvalue weighted by Gasteiger charge is 2.18. The molecular weight excluding hydrogens is 286 g/mol. The molecule has 6 heteroatoms. The molecule has 0 aliphatic heterocycles. The van der Waals surface area contributed by atoms with Crippen LogP contribution >= 0.6 is 11.6 Å². The van der Waals surface area contributed by atoms with Crippen LogP contribution in [0.4, 0.5) is 0 Å². The number of aryl methyl sites for hydroxylation is 3. The Hall–Kier alpha value is -1.88. The highest BCUT2D eigenvalue weighted by atomic mass is 35.5. The number of fused-ring (bicyclic) bond motifs is 1. The molecule has 0 aromatic carbocycles. The van der Waals surface area contributed by atoms with Crippen LogP contribution < -0.4 is 0 Å². The minimum absolute atomic E-state index is 0.386. The first-order chi connectivity index (χ1) is 10.2. The highest BCUT2D eigenvalue weighted by Crippen LogP contribution is 2.22. The third-order valence-corrected chi connectivity index (χ3v) is 4.04. The maximum atomic E-state index is 6.09. The second kappa shape index (κ2) is 5.48. The summed E-state index contributed by atoms with van der Waals surface area (Å²) < 4.78 is 4.03. The molecule has 5 nitrogen and oxygen atoms in total. The highest BCUT2D eigenvalue weighted by molar-refractivity contribution is 6.16. The van der Waals surface area contributed by atoms with E-state index in [1.54, 1.807) is 0 Å². The van der Waals surface area contributed by atoms with E-state index < -0.39 is 0 Å². The fraction of sp³-hybridized carbons (Fsp3) is 0.400. The SMILES string of the molecule is CCc1nn(C)c2c1nc(CCl)n2Cc1cnccc1C. The summed E-state index contributed by atoms with van der Waals surface area (Å²) in [5.74, 6) is 1.26. The van der Waals surface area contributed by atoms with Gasteiger partial charge in [0.25, 0.3) is 0 Å². The lowest BCUT2D eigenvalue weighted by molar-refractivity contribution is 0.695. The standard InChI is InChI=1S/C15H18ClN5/c1-4-12-14-15(20(3)19-12)21(13(7-16)18-14)9-11-8-17-6-5-10(11)2/h5-6,8H,4,7,9H2,1-3H3. The third kappa shape index (κ3) is 2.31. The zero-order valence-electron chi connectivity index (χ0n) is 12.5. The van der Waals surface area contributed by atoms with Gasteiger partial charge in [-0.1, -0.05) is 6.92 Å². The van der Waals surface area contributed by atoms with Crippen LogP contribution in [0.2, 0.25) is 0 Å². The summed E-state index contributed by atoms with van der Waals surface area (Å²) in [6.45, 7) is 4.89. The molecule has 3 rings (SSSR count). The van der Waals surface area contributed by atoms with E-state index in [1.165, 1.54) is 11.1 Å². The molecule has 0 radical (unpaired) electrons. The Balaban J connectivity index is 2.17. The molecule has 0 fully saturated rings. The predicted octanol–water partition coefficient (Wildman–Crippen LogP) is 2.82. The molecule has 0 aliphatic rings. The summed E-state index contributed by atoms with van der Waals surface area (Å²) in [6, 6.07) is 2.02. The summed E-state index contributed by atoms with van der Waals surface area (Å²) in [7, 11) is 1.95. The largest absolute Gasteiger partial charge is 0.307 e. The van der Waals surface area contributed by atoms with Crippen molar-refractivity contribution < 1.29 is 0 Å². The van der Waals surface area contributed by atoms with Crippen molar-refractivity contribution in [3.63, 3.8) is 0 Å². The Labute approximate surface area is 128 Å². The van der Waals surface area contributed by atoms with Crippen LogP contribution in [0.15, 0.2) is 18.5 Å². The molecule has 0 atom stereocenters. The molecule has 0 aliphatic carbocycles. The average Bonchev–Trinajstić information content (AvgIpc) is 2.99. The number of nitrogens with zero attached hydrogens (tertiary/aromatic N) is 5. The monoisotopic (exact) mass is 303 g/mol. The lowest BCUT2D eigenvalue weighted by Crippen LogP contribution is -2.08. The van der Waals surface area contributed by atoms with Crippen molar-refractivity contribution in [2.24, 2.45) is 7.05 Å². The number of hydrogen-bond acceptors (Lipinski definition) is 3. The van der Waals surface area contributed by atoms with Crippen LogP contribution in [0.25, 0.3) is 11.2 Å². The van der Waals surface area contributed by atoms with Gasteiger partial charge in [-0.2, -0.15) is 5.10 Å². The summed E-state index contributed by atoms with van der Waals surface area (Å²) in [5, 5.41) is 4.54. The fourth-order valence-electron chi connectivity index (χ4n) is 2.63. The number of aromatic nitrogens is 5. The van der Waals surface area contributed by atoms with Crippen LogP contribution in [0.3, 0.4) is 0 Å². The van der Waals surface area contributed by atoms with Gasteiger partial charge in [0.05, 0.1) is 18.1 Å². The van der Waals surface area contributed by atoms with Crippen LogP contribution in [-0.4, -0.2) is 24.3 Å². The van der Waals surface area contributed by atoms with Crippen molar-refractivity contribution in [2.45, 2.75) is 32.7 Å². The topological polar surface area (TPSA) is 48.5 Å². The number of halogens is 1. The Bertz CT molecular complexity index is 787. The maximum absolute atomic E-state index is 6.09. The molecule has 0 amide bonds. The van der Waals surface area contributed by atoms with Crippen molar-refractivity contribution >= 4 is 22.8 Å². The van der Waals surface area contributed by atoms with Gasteiger partial charge in [0.1, 0.15) is 11.3 Å². The van der Waals surface area contributed by atoms with Gasteiger partial charge < -0.3 is 4.57 Å². The van der Waals surface area contributed by atoms with E-state index in [0.717, 1.165) is 29.1 Å². The molecule has 0 N–H and O–H groups in total. The zero-order chi connectivity index (χ0) is 15.0. The molecule has 0 bridgehead atoms. The van der Waals surface area contributed by atoms with E-state index in [9.17, 15) is 0 Å². The fourth-order valence-corrected chi connectivity index (χ4v) is 2.83. The normalized spacial score (nSPS) is 11.4. The molecule has 0 spiro atoms. The van der Waals surface area contributed by atoms with Gasteiger partial charge in [0, 0.05) is 19.4 Å². The van der Waals surface area contributed by atoms with Crippen LogP contribution in [0.5, 0.6) is 0 Å². The summed E-state index contributed by atoms with van der Waals surface area (Å²) >= 11 is 6.09. The molecule has 0 saturated heterocycles. The Kier molecular flexibility index (Phi) is 3.68. The van der Waals surface area contributed by atoms with Gasteiger partial charge in [0.15, 0.2) is 5.65 Å². The van der Waals surface area contributed by atoms with E-state index in [-0.39, 0.29) is 0 Å². The second-order valence-electron chi connectivity index (χ2n) is 5.15. The van der Waals surface area contributed by atoms with E-state index >= 15 is 0 Å². The van der Waals surface area contributed by atoms with Crippen molar-refractivity contribution in [2.75, 3.05) is 0 Å².